The standard InChI is InChI=1S/C14H18FNO3/c1-14(2,3)19-13(18)16-12(8-9-17)10-6-4-5-7-11(10)15/h4-7,9,12H,8H2,1-3H3,(H,16,18)/t12-/m0/s1. The maximum Gasteiger partial charge on any atom is 0.408 e. The van der Waals surface area contributed by atoms with Gasteiger partial charge >= 0.3 is 6.09 Å². The van der Waals surface area contributed by atoms with E-state index in [0.717, 1.165) is 0 Å². The van der Waals surface area contributed by atoms with Crippen molar-refractivity contribution in [1.29, 1.82) is 0 Å². The Hall–Kier alpha value is -1.91. The third-order valence-corrected chi connectivity index (χ3v) is 2.30. The van der Waals surface area contributed by atoms with E-state index in [1.165, 1.54) is 12.1 Å². The summed E-state index contributed by atoms with van der Waals surface area (Å²) in [6, 6.07) is 5.27. The maximum absolute atomic E-state index is 13.6. The van der Waals surface area contributed by atoms with Crippen LogP contribution in [-0.4, -0.2) is 18.0 Å². The summed E-state index contributed by atoms with van der Waals surface area (Å²) >= 11 is 0. The van der Waals surface area contributed by atoms with Gasteiger partial charge in [0.05, 0.1) is 6.04 Å². The van der Waals surface area contributed by atoms with Crippen molar-refractivity contribution in [2.45, 2.75) is 38.8 Å². The van der Waals surface area contributed by atoms with Gasteiger partial charge < -0.3 is 14.8 Å². The number of alkyl carbamates (subject to hydrolysis) is 1. The number of halogens is 1. The highest BCUT2D eigenvalue weighted by atomic mass is 19.1. The Morgan fingerprint density at radius 2 is 2.05 bits per heavy atom. The van der Waals surface area contributed by atoms with Crippen molar-refractivity contribution in [2.75, 3.05) is 0 Å². The minimum absolute atomic E-state index is 0.0137. The van der Waals surface area contributed by atoms with Crippen LogP contribution in [-0.2, 0) is 9.53 Å². The minimum atomic E-state index is -0.728. The Kier molecular flexibility index (Phi) is 5.03. The van der Waals surface area contributed by atoms with Gasteiger partial charge in [0.15, 0.2) is 0 Å². The molecule has 0 aliphatic heterocycles. The third-order valence-electron chi connectivity index (χ3n) is 2.30. The molecule has 1 N–H and O–H groups in total. The molecule has 4 nitrogen and oxygen atoms in total. The second kappa shape index (κ2) is 6.31. The first-order valence-electron chi connectivity index (χ1n) is 6.01. The van der Waals surface area contributed by atoms with Gasteiger partial charge in [-0.15, -0.1) is 0 Å². The number of nitrogens with one attached hydrogen (secondary N) is 1. The highest BCUT2D eigenvalue weighted by molar-refractivity contribution is 5.69. The summed E-state index contributed by atoms with van der Waals surface area (Å²) in [4.78, 5) is 22.3. The summed E-state index contributed by atoms with van der Waals surface area (Å²) in [5, 5.41) is 2.50. The van der Waals surface area contributed by atoms with Crippen LogP contribution in [0.2, 0.25) is 0 Å². The fourth-order valence-corrected chi connectivity index (χ4v) is 1.57. The van der Waals surface area contributed by atoms with Gasteiger partial charge in [-0.25, -0.2) is 9.18 Å². The molecule has 19 heavy (non-hydrogen) atoms. The van der Waals surface area contributed by atoms with Gasteiger partial charge in [-0.3, -0.25) is 0 Å². The number of rotatable bonds is 4. The summed E-state index contributed by atoms with van der Waals surface area (Å²) < 4.78 is 18.7. The fourth-order valence-electron chi connectivity index (χ4n) is 1.57. The highest BCUT2D eigenvalue weighted by Gasteiger charge is 2.21. The molecule has 1 aromatic carbocycles. The molecule has 0 saturated heterocycles. The minimum Gasteiger partial charge on any atom is -0.444 e. The number of amides is 1. The van der Waals surface area contributed by atoms with E-state index in [4.69, 9.17) is 4.74 Å². The number of carbonyl (C=O) groups is 2. The van der Waals surface area contributed by atoms with Crippen molar-refractivity contribution < 1.29 is 18.7 Å². The average molecular weight is 267 g/mol. The Morgan fingerprint density at radius 1 is 1.42 bits per heavy atom. The van der Waals surface area contributed by atoms with Gasteiger partial charge in [-0.2, -0.15) is 0 Å². The van der Waals surface area contributed by atoms with Gasteiger partial charge in [-0.05, 0) is 26.8 Å². The van der Waals surface area contributed by atoms with Crippen molar-refractivity contribution in [2.24, 2.45) is 0 Å². The molecule has 0 aliphatic carbocycles. The Labute approximate surface area is 112 Å². The first-order chi connectivity index (χ1) is 8.83. The predicted octanol–water partition coefficient (Wildman–Crippen LogP) is 2.98. The predicted molar refractivity (Wildman–Crippen MR) is 69.2 cm³/mol. The van der Waals surface area contributed by atoms with Crippen molar-refractivity contribution in [3.63, 3.8) is 0 Å². The maximum atomic E-state index is 13.6. The first-order valence-corrected chi connectivity index (χ1v) is 6.01. The van der Waals surface area contributed by atoms with Gasteiger partial charge in [0.1, 0.15) is 17.7 Å². The molecule has 104 valence electrons. The lowest BCUT2D eigenvalue weighted by Gasteiger charge is -2.23. The van der Waals surface area contributed by atoms with E-state index in [0.29, 0.717) is 6.29 Å². The number of carbonyl (C=O) groups excluding carboxylic acids is 2. The van der Waals surface area contributed by atoms with Crippen LogP contribution in [0.4, 0.5) is 9.18 Å². The van der Waals surface area contributed by atoms with Gasteiger partial charge in [0.2, 0.25) is 0 Å². The van der Waals surface area contributed by atoms with E-state index in [2.05, 4.69) is 5.32 Å². The topological polar surface area (TPSA) is 55.4 Å². The summed E-state index contributed by atoms with van der Waals surface area (Å²) in [5.41, 5.74) is -0.383. The van der Waals surface area contributed by atoms with E-state index in [-0.39, 0.29) is 12.0 Å². The second-order valence-electron chi connectivity index (χ2n) is 5.12. The number of ether oxygens (including phenoxy) is 1. The second-order valence-corrected chi connectivity index (χ2v) is 5.12. The molecule has 0 bridgehead atoms. The van der Waals surface area contributed by atoms with Crippen LogP contribution in [0.15, 0.2) is 24.3 Å². The van der Waals surface area contributed by atoms with Crippen molar-refractivity contribution >= 4 is 12.4 Å². The largest absolute Gasteiger partial charge is 0.444 e. The van der Waals surface area contributed by atoms with E-state index >= 15 is 0 Å². The monoisotopic (exact) mass is 267 g/mol. The van der Waals surface area contributed by atoms with Crippen LogP contribution in [0, 0.1) is 5.82 Å². The lowest BCUT2D eigenvalue weighted by atomic mass is 10.0. The number of aldehydes is 1. The van der Waals surface area contributed by atoms with Crippen LogP contribution >= 0.6 is 0 Å². The van der Waals surface area contributed by atoms with Crippen molar-refractivity contribution in [1.82, 2.24) is 5.32 Å². The Morgan fingerprint density at radius 3 is 2.58 bits per heavy atom. The van der Waals surface area contributed by atoms with E-state index in [9.17, 15) is 14.0 Å². The SMILES string of the molecule is CC(C)(C)OC(=O)N[C@@H](CC=O)c1ccccc1F. The molecular formula is C14H18FNO3. The summed E-state index contributed by atoms with van der Waals surface area (Å²) in [5.74, 6) is -0.467. The Bertz CT molecular complexity index is 454. The normalized spacial score (nSPS) is 12.6. The molecule has 0 heterocycles. The lowest BCUT2D eigenvalue weighted by Crippen LogP contribution is -2.35. The van der Waals surface area contributed by atoms with Gasteiger partial charge in [0, 0.05) is 12.0 Å². The van der Waals surface area contributed by atoms with Crippen LogP contribution in [0.5, 0.6) is 0 Å². The smallest absolute Gasteiger partial charge is 0.408 e. The van der Waals surface area contributed by atoms with Gasteiger partial charge in [0.25, 0.3) is 0 Å². The quantitative estimate of drug-likeness (QED) is 0.853. The molecule has 5 heteroatoms. The summed E-state index contributed by atoms with van der Waals surface area (Å²) in [6.45, 7) is 5.18. The first kappa shape index (κ1) is 15.1. The van der Waals surface area contributed by atoms with E-state index in [1.54, 1.807) is 32.9 Å². The molecule has 0 fully saturated rings. The number of hydrogen-bond acceptors (Lipinski definition) is 3. The van der Waals surface area contributed by atoms with Crippen LogP contribution in [0.25, 0.3) is 0 Å². The third kappa shape index (κ3) is 5.07. The molecule has 0 aromatic heterocycles. The molecule has 1 atom stereocenters. The van der Waals surface area contributed by atoms with Crippen molar-refractivity contribution in [3.05, 3.63) is 35.6 Å². The molecule has 1 amide bonds. The zero-order valence-corrected chi connectivity index (χ0v) is 11.3. The molecule has 1 aromatic rings. The molecule has 0 unspecified atom stereocenters. The number of hydrogen-bond donors (Lipinski definition) is 1. The summed E-state index contributed by atoms with van der Waals surface area (Å²) in [7, 11) is 0. The highest BCUT2D eigenvalue weighted by Crippen LogP contribution is 2.20. The fraction of sp³-hybridized carbons (Fsp3) is 0.429. The van der Waals surface area contributed by atoms with Gasteiger partial charge in [-0.1, -0.05) is 18.2 Å². The molecule has 0 aliphatic rings. The lowest BCUT2D eigenvalue weighted by molar-refractivity contribution is -0.108. The molecule has 0 saturated carbocycles. The van der Waals surface area contributed by atoms with E-state index in [1.807, 2.05) is 0 Å². The van der Waals surface area contributed by atoms with E-state index < -0.39 is 23.6 Å². The average Bonchev–Trinajstić information content (AvgIpc) is 2.26. The molecule has 0 radical (unpaired) electrons. The number of benzene rings is 1. The summed E-state index contributed by atoms with van der Waals surface area (Å²) in [6.07, 6.45) is -0.0585. The van der Waals surface area contributed by atoms with Crippen LogP contribution in [0.3, 0.4) is 0 Å². The Balaban J connectivity index is 2.82. The molecule has 0 spiro atoms. The zero-order valence-electron chi connectivity index (χ0n) is 11.3. The zero-order chi connectivity index (χ0) is 14.5. The molecular weight excluding hydrogens is 249 g/mol. The van der Waals surface area contributed by atoms with Crippen molar-refractivity contribution in [3.8, 4) is 0 Å². The van der Waals surface area contributed by atoms with Crippen LogP contribution in [0.1, 0.15) is 38.8 Å². The van der Waals surface area contributed by atoms with Crippen LogP contribution < -0.4 is 5.32 Å². The molecule has 1 rings (SSSR count).